The molecule has 0 radical (unpaired) electrons. The first-order valence-electron chi connectivity index (χ1n) is 8.00. The summed E-state index contributed by atoms with van der Waals surface area (Å²) in [4.78, 5) is 19.7. The lowest BCUT2D eigenvalue weighted by molar-refractivity contribution is 0.0677. The molecule has 6 nitrogen and oxygen atoms in total. The average Bonchev–Trinajstić information content (AvgIpc) is 3.34. The van der Waals surface area contributed by atoms with Gasteiger partial charge in [-0.3, -0.25) is 9.48 Å². The van der Waals surface area contributed by atoms with E-state index >= 15 is 0 Å². The summed E-state index contributed by atoms with van der Waals surface area (Å²) in [5.74, 6) is 0.737. The molecule has 0 aliphatic carbocycles. The fourth-order valence-corrected chi connectivity index (χ4v) is 3.88. The topological polar surface area (TPSA) is 64.2 Å². The number of amides is 1. The molecule has 24 heavy (non-hydrogen) atoms. The second kappa shape index (κ2) is 6.24. The van der Waals surface area contributed by atoms with Crippen molar-refractivity contribution >= 4 is 17.2 Å². The Hall–Kier alpha value is -2.41. The van der Waals surface area contributed by atoms with Crippen LogP contribution in [0.1, 0.15) is 34.1 Å². The molecule has 1 fully saturated rings. The molecule has 124 valence electrons. The molecule has 7 heteroatoms. The zero-order valence-corrected chi connectivity index (χ0v) is 14.2. The number of likely N-dealkylation sites (tertiary alicyclic amines) is 1. The van der Waals surface area contributed by atoms with Gasteiger partial charge in [0.25, 0.3) is 5.91 Å². The van der Waals surface area contributed by atoms with Crippen molar-refractivity contribution in [1.82, 2.24) is 19.7 Å². The molecule has 0 aromatic carbocycles. The number of carbonyl (C=O) groups excluding carboxylic acids is 1. The van der Waals surface area contributed by atoms with Crippen LogP contribution in [0.2, 0.25) is 0 Å². The zero-order chi connectivity index (χ0) is 16.5. The van der Waals surface area contributed by atoms with Crippen molar-refractivity contribution in [2.45, 2.75) is 25.8 Å². The van der Waals surface area contributed by atoms with Crippen LogP contribution in [-0.4, -0.2) is 38.7 Å². The summed E-state index contributed by atoms with van der Waals surface area (Å²) in [7, 11) is 0. The van der Waals surface area contributed by atoms with Crippen LogP contribution in [0, 0.1) is 6.92 Å². The summed E-state index contributed by atoms with van der Waals surface area (Å²) in [5, 5.41) is 5.14. The van der Waals surface area contributed by atoms with Crippen LogP contribution in [0.15, 0.2) is 41.4 Å². The van der Waals surface area contributed by atoms with Gasteiger partial charge in [-0.1, -0.05) is 0 Å². The molecule has 0 bridgehead atoms. The van der Waals surface area contributed by atoms with E-state index < -0.39 is 0 Å². The van der Waals surface area contributed by atoms with Crippen LogP contribution < -0.4 is 0 Å². The Morgan fingerprint density at radius 1 is 1.42 bits per heavy atom. The van der Waals surface area contributed by atoms with Gasteiger partial charge in [-0.2, -0.15) is 5.10 Å². The first-order valence-corrected chi connectivity index (χ1v) is 8.82. The maximum atomic E-state index is 12.8. The predicted octanol–water partition coefficient (Wildman–Crippen LogP) is 3.39. The van der Waals surface area contributed by atoms with Gasteiger partial charge in [0.1, 0.15) is 4.88 Å². The van der Waals surface area contributed by atoms with Gasteiger partial charge in [0.05, 0.1) is 24.7 Å². The molecule has 4 rings (SSSR count). The number of hydrogen-bond donors (Lipinski definition) is 0. The maximum Gasteiger partial charge on any atom is 0.265 e. The summed E-state index contributed by atoms with van der Waals surface area (Å²) < 4.78 is 7.33. The smallest absolute Gasteiger partial charge is 0.265 e. The van der Waals surface area contributed by atoms with Gasteiger partial charge in [-0.15, -0.1) is 11.3 Å². The number of nitrogens with zero attached hydrogens (tertiary/aromatic N) is 4. The van der Waals surface area contributed by atoms with Gasteiger partial charge in [0.2, 0.25) is 0 Å². The number of carbonyl (C=O) groups is 1. The van der Waals surface area contributed by atoms with Crippen molar-refractivity contribution in [3.63, 3.8) is 0 Å². The van der Waals surface area contributed by atoms with Crippen molar-refractivity contribution in [2.24, 2.45) is 0 Å². The molecule has 4 heterocycles. The molecule has 1 aliphatic rings. The van der Waals surface area contributed by atoms with Crippen molar-refractivity contribution in [3.8, 4) is 10.8 Å². The van der Waals surface area contributed by atoms with E-state index in [0.29, 0.717) is 17.2 Å². The second-order valence-electron chi connectivity index (χ2n) is 6.05. The molecule has 1 atom stereocenters. The summed E-state index contributed by atoms with van der Waals surface area (Å²) in [5.41, 5.74) is 1.14. The van der Waals surface area contributed by atoms with Gasteiger partial charge < -0.3 is 9.32 Å². The monoisotopic (exact) mass is 342 g/mol. The lowest BCUT2D eigenvalue weighted by Gasteiger charge is -2.32. The lowest BCUT2D eigenvalue weighted by atomic mass is 10.1. The quantitative estimate of drug-likeness (QED) is 0.732. The molecule has 3 aromatic heterocycles. The molecule has 0 spiro atoms. The number of hydrogen-bond acceptors (Lipinski definition) is 5. The first-order chi connectivity index (χ1) is 11.7. The van der Waals surface area contributed by atoms with Gasteiger partial charge in [0, 0.05) is 19.3 Å². The summed E-state index contributed by atoms with van der Waals surface area (Å²) in [6.45, 7) is 3.50. The minimum atomic E-state index is 0.0406. The molecule has 0 unspecified atom stereocenters. The highest BCUT2D eigenvalue weighted by Crippen LogP contribution is 2.28. The van der Waals surface area contributed by atoms with Crippen LogP contribution in [0.4, 0.5) is 0 Å². The lowest BCUT2D eigenvalue weighted by Crippen LogP contribution is -2.40. The average molecular weight is 342 g/mol. The van der Waals surface area contributed by atoms with Crippen LogP contribution in [0.3, 0.4) is 0 Å². The Bertz CT molecular complexity index is 837. The molecule has 1 amide bonds. The normalized spacial score (nSPS) is 18.0. The molecular weight excluding hydrogens is 324 g/mol. The Morgan fingerprint density at radius 2 is 2.33 bits per heavy atom. The third kappa shape index (κ3) is 2.87. The van der Waals surface area contributed by atoms with E-state index in [4.69, 9.17) is 4.42 Å². The van der Waals surface area contributed by atoms with Gasteiger partial charge in [-0.05, 0) is 37.5 Å². The SMILES string of the molecule is Cc1cnn([C@@H]2CCCN(C(=O)c3cnc(-c4ccco4)s3)C2)c1. The first kappa shape index (κ1) is 15.1. The number of aromatic nitrogens is 3. The highest BCUT2D eigenvalue weighted by Gasteiger charge is 2.27. The Balaban J connectivity index is 1.50. The van der Waals surface area contributed by atoms with Crippen molar-refractivity contribution < 1.29 is 9.21 Å². The number of furan rings is 1. The highest BCUT2D eigenvalue weighted by atomic mass is 32.1. The second-order valence-corrected chi connectivity index (χ2v) is 7.08. The van der Waals surface area contributed by atoms with E-state index in [0.717, 1.165) is 30.0 Å². The van der Waals surface area contributed by atoms with Gasteiger partial charge in [-0.25, -0.2) is 4.98 Å². The maximum absolute atomic E-state index is 12.8. The number of thiazole rings is 1. The Morgan fingerprint density at radius 3 is 3.08 bits per heavy atom. The van der Waals surface area contributed by atoms with E-state index in [1.54, 1.807) is 12.5 Å². The van der Waals surface area contributed by atoms with Gasteiger partial charge >= 0.3 is 0 Å². The van der Waals surface area contributed by atoms with E-state index in [1.807, 2.05) is 41.0 Å². The van der Waals surface area contributed by atoms with E-state index in [9.17, 15) is 4.79 Å². The fraction of sp³-hybridized carbons (Fsp3) is 0.353. The Kier molecular flexibility index (Phi) is 3.93. The fourth-order valence-electron chi connectivity index (χ4n) is 3.03. The standard InChI is InChI=1S/C17H18N4O2S/c1-12-8-19-21(10-12)13-4-2-6-20(11-13)17(22)15-9-18-16(24-15)14-5-3-7-23-14/h3,5,7-10,13H,2,4,6,11H2,1H3/t13-/m1/s1. The Labute approximate surface area is 143 Å². The molecular formula is C17H18N4O2S. The van der Waals surface area contributed by atoms with Crippen LogP contribution in [-0.2, 0) is 0 Å². The molecule has 3 aromatic rings. The summed E-state index contributed by atoms with van der Waals surface area (Å²) in [6.07, 6.45) is 9.19. The van der Waals surface area contributed by atoms with E-state index in [1.165, 1.54) is 11.3 Å². The van der Waals surface area contributed by atoms with Crippen molar-refractivity contribution in [3.05, 3.63) is 47.4 Å². The summed E-state index contributed by atoms with van der Waals surface area (Å²) in [6, 6.07) is 3.91. The van der Waals surface area contributed by atoms with Crippen LogP contribution >= 0.6 is 11.3 Å². The zero-order valence-electron chi connectivity index (χ0n) is 13.4. The molecule has 0 N–H and O–H groups in total. The highest BCUT2D eigenvalue weighted by molar-refractivity contribution is 7.16. The number of aryl methyl sites for hydroxylation is 1. The summed E-state index contributed by atoms with van der Waals surface area (Å²) >= 11 is 1.38. The third-order valence-electron chi connectivity index (χ3n) is 4.24. The van der Waals surface area contributed by atoms with Crippen LogP contribution in [0.25, 0.3) is 10.8 Å². The van der Waals surface area contributed by atoms with E-state index in [2.05, 4.69) is 10.1 Å². The minimum Gasteiger partial charge on any atom is -0.462 e. The van der Waals surface area contributed by atoms with Crippen molar-refractivity contribution in [1.29, 1.82) is 0 Å². The molecule has 0 saturated carbocycles. The number of piperidine rings is 1. The predicted molar refractivity (Wildman–Crippen MR) is 91.0 cm³/mol. The molecule has 1 aliphatic heterocycles. The minimum absolute atomic E-state index is 0.0406. The number of rotatable bonds is 3. The van der Waals surface area contributed by atoms with E-state index in [-0.39, 0.29) is 11.9 Å². The van der Waals surface area contributed by atoms with Gasteiger partial charge in [0.15, 0.2) is 10.8 Å². The third-order valence-corrected chi connectivity index (χ3v) is 5.24. The van der Waals surface area contributed by atoms with Crippen molar-refractivity contribution in [2.75, 3.05) is 13.1 Å². The molecule has 1 saturated heterocycles. The largest absolute Gasteiger partial charge is 0.462 e. The van der Waals surface area contributed by atoms with Crippen LogP contribution in [0.5, 0.6) is 0 Å².